The van der Waals surface area contributed by atoms with Crippen molar-refractivity contribution in [1.29, 1.82) is 0 Å². The zero-order valence-corrected chi connectivity index (χ0v) is 14.7. The van der Waals surface area contributed by atoms with Crippen LogP contribution in [0, 0.1) is 0 Å². The molecule has 2 heterocycles. The summed E-state index contributed by atoms with van der Waals surface area (Å²) < 4.78 is 5.26. The number of hydrogen-bond donors (Lipinski definition) is 1. The fraction of sp³-hybridized carbons (Fsp3) is 0.444. The monoisotopic (exact) mass is 359 g/mol. The summed E-state index contributed by atoms with van der Waals surface area (Å²) in [4.78, 5) is 52.6. The van der Waals surface area contributed by atoms with Crippen LogP contribution < -0.4 is 5.73 Å². The topological polar surface area (TPSA) is 110 Å². The number of methoxy groups -OCH3 is 1. The molecule has 8 nitrogen and oxygen atoms in total. The molecule has 0 aliphatic carbocycles. The first-order chi connectivity index (χ1) is 12.4. The number of imide groups is 2. The van der Waals surface area contributed by atoms with Crippen molar-refractivity contribution in [3.8, 4) is 0 Å². The van der Waals surface area contributed by atoms with E-state index in [1.54, 1.807) is 6.07 Å². The van der Waals surface area contributed by atoms with Crippen molar-refractivity contribution in [2.24, 2.45) is 0 Å². The third-order valence-electron chi connectivity index (χ3n) is 4.95. The van der Waals surface area contributed by atoms with E-state index in [0.717, 1.165) is 9.80 Å². The van der Waals surface area contributed by atoms with Crippen LogP contribution in [0.5, 0.6) is 0 Å². The Labute approximate surface area is 150 Å². The molecule has 0 saturated carbocycles. The first-order valence-electron chi connectivity index (χ1n) is 8.54. The summed E-state index contributed by atoms with van der Waals surface area (Å²) in [5.41, 5.74) is 6.35. The van der Waals surface area contributed by atoms with Crippen LogP contribution in [-0.4, -0.2) is 59.2 Å². The Balaban J connectivity index is 1.89. The van der Waals surface area contributed by atoms with Crippen molar-refractivity contribution in [2.45, 2.75) is 38.3 Å². The normalized spacial score (nSPS) is 21.4. The summed E-state index contributed by atoms with van der Waals surface area (Å²) in [6, 6.07) is 3.64. The Morgan fingerprint density at radius 2 is 1.96 bits per heavy atom. The fourth-order valence-corrected chi connectivity index (χ4v) is 3.44. The molecule has 0 spiro atoms. The van der Waals surface area contributed by atoms with Crippen molar-refractivity contribution in [2.75, 3.05) is 19.4 Å². The van der Waals surface area contributed by atoms with Crippen molar-refractivity contribution >= 4 is 29.3 Å². The highest BCUT2D eigenvalue weighted by Gasteiger charge is 2.47. The minimum Gasteiger partial charge on any atom is -0.398 e. The Morgan fingerprint density at radius 3 is 2.58 bits per heavy atom. The number of benzene rings is 1. The van der Waals surface area contributed by atoms with Crippen LogP contribution in [0.3, 0.4) is 0 Å². The lowest BCUT2D eigenvalue weighted by Crippen LogP contribution is -2.57. The van der Waals surface area contributed by atoms with Gasteiger partial charge in [-0.25, -0.2) is 0 Å². The Hall–Kier alpha value is -2.74. The second kappa shape index (κ2) is 6.87. The van der Waals surface area contributed by atoms with E-state index in [-0.39, 0.29) is 48.2 Å². The highest BCUT2D eigenvalue weighted by atomic mass is 16.5. The van der Waals surface area contributed by atoms with Crippen LogP contribution in [0.2, 0.25) is 0 Å². The average Bonchev–Trinajstić information content (AvgIpc) is 2.88. The Kier molecular flexibility index (Phi) is 4.78. The summed E-state index contributed by atoms with van der Waals surface area (Å²) in [5, 5.41) is 0. The van der Waals surface area contributed by atoms with Gasteiger partial charge in [-0.1, -0.05) is 13.0 Å². The molecule has 26 heavy (non-hydrogen) atoms. The van der Waals surface area contributed by atoms with Gasteiger partial charge in [0.1, 0.15) is 6.04 Å². The first kappa shape index (κ1) is 18.1. The third-order valence-corrected chi connectivity index (χ3v) is 4.95. The molecule has 4 amide bonds. The van der Waals surface area contributed by atoms with Gasteiger partial charge in [0.05, 0.1) is 23.8 Å². The summed E-state index contributed by atoms with van der Waals surface area (Å²) in [7, 11) is 1.51. The number of rotatable bonds is 5. The van der Waals surface area contributed by atoms with E-state index in [1.807, 2.05) is 6.92 Å². The van der Waals surface area contributed by atoms with E-state index in [0.29, 0.717) is 6.42 Å². The Morgan fingerprint density at radius 1 is 1.23 bits per heavy atom. The number of hydrogen-bond acceptors (Lipinski definition) is 6. The molecular formula is C18H21N3O5. The van der Waals surface area contributed by atoms with Crippen LogP contribution in [0.1, 0.15) is 46.9 Å². The largest absolute Gasteiger partial charge is 0.398 e. The molecule has 138 valence electrons. The van der Waals surface area contributed by atoms with Gasteiger partial charge in [-0.05, 0) is 25.0 Å². The lowest BCUT2D eigenvalue weighted by molar-refractivity contribution is -0.153. The molecule has 0 bridgehead atoms. The molecule has 1 saturated heterocycles. The number of likely N-dealkylation sites (tertiary alicyclic amines) is 1. The predicted octanol–water partition coefficient (Wildman–Crippen LogP) is 0.807. The van der Waals surface area contributed by atoms with Crippen molar-refractivity contribution in [3.63, 3.8) is 0 Å². The number of nitrogens with zero attached hydrogens (tertiary/aromatic N) is 2. The molecule has 2 unspecified atom stereocenters. The predicted molar refractivity (Wildman–Crippen MR) is 92.2 cm³/mol. The van der Waals surface area contributed by atoms with Gasteiger partial charge >= 0.3 is 0 Å². The molecule has 2 atom stereocenters. The van der Waals surface area contributed by atoms with Gasteiger partial charge in [0, 0.05) is 19.2 Å². The number of carbonyl (C=O) groups is 4. The zero-order chi connectivity index (χ0) is 19.0. The maximum absolute atomic E-state index is 12.9. The van der Waals surface area contributed by atoms with E-state index in [1.165, 1.54) is 19.2 Å². The number of nitrogen functional groups attached to an aromatic ring is 1. The van der Waals surface area contributed by atoms with Gasteiger partial charge < -0.3 is 10.5 Å². The van der Waals surface area contributed by atoms with Crippen LogP contribution in [0.4, 0.5) is 5.69 Å². The fourth-order valence-electron chi connectivity index (χ4n) is 3.44. The van der Waals surface area contributed by atoms with Gasteiger partial charge in [0.25, 0.3) is 17.7 Å². The van der Waals surface area contributed by atoms with Gasteiger partial charge in [0.2, 0.25) is 5.91 Å². The van der Waals surface area contributed by atoms with Gasteiger partial charge in [-0.15, -0.1) is 0 Å². The van der Waals surface area contributed by atoms with E-state index in [2.05, 4.69) is 0 Å². The second-order valence-corrected chi connectivity index (χ2v) is 6.41. The SMILES string of the molecule is CCC(CN1C(=O)CCC(N2C(=O)c3cccc(N)c3C2=O)C1=O)OC. The van der Waals surface area contributed by atoms with E-state index < -0.39 is 23.8 Å². The molecule has 2 aliphatic heterocycles. The molecule has 3 rings (SSSR count). The molecular weight excluding hydrogens is 338 g/mol. The maximum atomic E-state index is 12.9. The molecule has 0 aromatic heterocycles. The second-order valence-electron chi connectivity index (χ2n) is 6.41. The lowest BCUT2D eigenvalue weighted by Gasteiger charge is -2.35. The number of ether oxygens (including phenoxy) is 1. The van der Waals surface area contributed by atoms with E-state index in [9.17, 15) is 19.2 Å². The molecule has 1 aromatic rings. The average molecular weight is 359 g/mol. The molecule has 2 N–H and O–H groups in total. The first-order valence-corrected chi connectivity index (χ1v) is 8.54. The van der Waals surface area contributed by atoms with Gasteiger partial charge in [0.15, 0.2) is 0 Å². The van der Waals surface area contributed by atoms with Crippen molar-refractivity contribution in [1.82, 2.24) is 9.80 Å². The number of nitrogens with two attached hydrogens (primary N) is 1. The number of fused-ring (bicyclic) bond motifs is 1. The summed E-state index contributed by atoms with van der Waals surface area (Å²) >= 11 is 0. The summed E-state index contributed by atoms with van der Waals surface area (Å²) in [6.07, 6.45) is 0.532. The highest BCUT2D eigenvalue weighted by Crippen LogP contribution is 2.32. The molecule has 0 radical (unpaired) electrons. The maximum Gasteiger partial charge on any atom is 0.264 e. The molecule has 2 aliphatic rings. The number of piperidine rings is 1. The van der Waals surface area contributed by atoms with Crippen molar-refractivity contribution in [3.05, 3.63) is 29.3 Å². The summed E-state index contributed by atoms with van der Waals surface area (Å²) in [6.45, 7) is 1.99. The van der Waals surface area contributed by atoms with Crippen LogP contribution in [0.25, 0.3) is 0 Å². The summed E-state index contributed by atoms with van der Waals surface area (Å²) in [5.74, 6) is -2.01. The van der Waals surface area contributed by atoms with Gasteiger partial charge in [-0.3, -0.25) is 29.0 Å². The molecule has 1 fully saturated rings. The van der Waals surface area contributed by atoms with Gasteiger partial charge in [-0.2, -0.15) is 0 Å². The van der Waals surface area contributed by atoms with Crippen LogP contribution in [0.15, 0.2) is 18.2 Å². The molecule has 8 heteroatoms. The third kappa shape index (κ3) is 2.76. The minimum atomic E-state index is -1.01. The van der Waals surface area contributed by atoms with E-state index in [4.69, 9.17) is 10.5 Å². The smallest absolute Gasteiger partial charge is 0.264 e. The number of amides is 4. The minimum absolute atomic E-state index is 0.0828. The highest BCUT2D eigenvalue weighted by molar-refractivity contribution is 6.25. The quantitative estimate of drug-likeness (QED) is 0.615. The van der Waals surface area contributed by atoms with E-state index >= 15 is 0 Å². The molecule has 1 aromatic carbocycles. The van der Waals surface area contributed by atoms with Crippen LogP contribution >= 0.6 is 0 Å². The standard InChI is InChI=1S/C18H21N3O5/c1-3-10(26-2)9-20-14(22)8-7-13(17(20)24)21-16(23)11-5-4-6-12(19)15(11)18(21)25/h4-6,10,13H,3,7-9,19H2,1-2H3. The number of carbonyl (C=O) groups excluding carboxylic acids is 4. The van der Waals surface area contributed by atoms with Crippen LogP contribution in [-0.2, 0) is 14.3 Å². The lowest BCUT2D eigenvalue weighted by atomic mass is 10.0. The Bertz CT molecular complexity index is 787. The number of anilines is 1. The zero-order valence-electron chi connectivity index (χ0n) is 14.7. The van der Waals surface area contributed by atoms with Crippen molar-refractivity contribution < 1.29 is 23.9 Å².